The quantitative estimate of drug-likeness (QED) is 0.834. The molecule has 0 aliphatic heterocycles. The van der Waals surface area contributed by atoms with Crippen molar-refractivity contribution in [2.45, 2.75) is 6.61 Å². The summed E-state index contributed by atoms with van der Waals surface area (Å²) in [7, 11) is 0. The SMILES string of the molecule is O=C(OCc1ccccc1F)c1ccc(O)cc1O. The highest BCUT2D eigenvalue weighted by Gasteiger charge is 2.14. The molecular weight excluding hydrogens is 251 g/mol. The number of phenolic OH excluding ortho intramolecular Hbond substituents is 2. The number of hydrogen-bond acceptors (Lipinski definition) is 4. The van der Waals surface area contributed by atoms with Crippen molar-refractivity contribution >= 4 is 5.97 Å². The Morgan fingerprint density at radius 3 is 2.58 bits per heavy atom. The van der Waals surface area contributed by atoms with Gasteiger partial charge in [-0.1, -0.05) is 18.2 Å². The monoisotopic (exact) mass is 262 g/mol. The van der Waals surface area contributed by atoms with E-state index in [2.05, 4.69) is 0 Å². The number of benzene rings is 2. The van der Waals surface area contributed by atoms with Crippen LogP contribution in [0.5, 0.6) is 11.5 Å². The first kappa shape index (κ1) is 12.9. The molecule has 0 amide bonds. The molecule has 0 radical (unpaired) electrons. The van der Waals surface area contributed by atoms with E-state index in [1.165, 1.54) is 30.3 Å². The lowest BCUT2D eigenvalue weighted by molar-refractivity contribution is 0.0465. The highest BCUT2D eigenvalue weighted by atomic mass is 19.1. The van der Waals surface area contributed by atoms with E-state index in [1.807, 2.05) is 0 Å². The molecule has 98 valence electrons. The van der Waals surface area contributed by atoms with Gasteiger partial charge in [-0.3, -0.25) is 0 Å². The van der Waals surface area contributed by atoms with Crippen LogP contribution in [0.3, 0.4) is 0 Å². The third-order valence-corrected chi connectivity index (χ3v) is 2.52. The third kappa shape index (κ3) is 3.01. The predicted octanol–water partition coefficient (Wildman–Crippen LogP) is 2.59. The van der Waals surface area contributed by atoms with Crippen LogP contribution in [0.2, 0.25) is 0 Å². The molecule has 0 spiro atoms. The molecule has 5 heteroatoms. The van der Waals surface area contributed by atoms with E-state index in [9.17, 15) is 14.3 Å². The maximum absolute atomic E-state index is 13.3. The largest absolute Gasteiger partial charge is 0.508 e. The Bertz CT molecular complexity index is 610. The van der Waals surface area contributed by atoms with Crippen LogP contribution >= 0.6 is 0 Å². The van der Waals surface area contributed by atoms with Gasteiger partial charge in [0.2, 0.25) is 0 Å². The Kier molecular flexibility index (Phi) is 3.66. The average Bonchev–Trinajstić information content (AvgIpc) is 2.37. The molecule has 0 aliphatic rings. The zero-order valence-electron chi connectivity index (χ0n) is 9.84. The molecule has 0 saturated carbocycles. The van der Waals surface area contributed by atoms with Crippen molar-refractivity contribution in [3.63, 3.8) is 0 Å². The van der Waals surface area contributed by atoms with E-state index in [0.29, 0.717) is 0 Å². The number of carbonyl (C=O) groups is 1. The molecule has 0 fully saturated rings. The van der Waals surface area contributed by atoms with Gasteiger partial charge < -0.3 is 14.9 Å². The van der Waals surface area contributed by atoms with Gasteiger partial charge in [0.1, 0.15) is 29.5 Å². The van der Waals surface area contributed by atoms with Crippen molar-refractivity contribution in [1.29, 1.82) is 0 Å². The van der Waals surface area contributed by atoms with Crippen molar-refractivity contribution in [3.05, 3.63) is 59.4 Å². The zero-order chi connectivity index (χ0) is 13.8. The van der Waals surface area contributed by atoms with Gasteiger partial charge in [-0.25, -0.2) is 9.18 Å². The molecule has 19 heavy (non-hydrogen) atoms. The predicted molar refractivity (Wildman–Crippen MR) is 65.3 cm³/mol. The van der Waals surface area contributed by atoms with Gasteiger partial charge in [0, 0.05) is 11.6 Å². The number of esters is 1. The lowest BCUT2D eigenvalue weighted by Gasteiger charge is -2.07. The van der Waals surface area contributed by atoms with Crippen LogP contribution in [0, 0.1) is 5.82 Å². The summed E-state index contributed by atoms with van der Waals surface area (Å²) in [5.74, 6) is -1.81. The Labute approximate surface area is 108 Å². The molecule has 2 aromatic rings. The Morgan fingerprint density at radius 1 is 1.16 bits per heavy atom. The molecule has 0 atom stereocenters. The first-order valence-corrected chi connectivity index (χ1v) is 5.50. The van der Waals surface area contributed by atoms with Crippen LogP contribution in [-0.2, 0) is 11.3 Å². The molecule has 2 aromatic carbocycles. The van der Waals surface area contributed by atoms with E-state index >= 15 is 0 Å². The van der Waals surface area contributed by atoms with Gasteiger partial charge in [0.25, 0.3) is 0 Å². The average molecular weight is 262 g/mol. The minimum atomic E-state index is -0.791. The second-order valence-corrected chi connectivity index (χ2v) is 3.87. The number of aromatic hydroxyl groups is 2. The Balaban J connectivity index is 2.08. The smallest absolute Gasteiger partial charge is 0.342 e. The summed E-state index contributed by atoms with van der Waals surface area (Å²) in [4.78, 5) is 11.7. The van der Waals surface area contributed by atoms with Crippen molar-refractivity contribution in [3.8, 4) is 11.5 Å². The maximum atomic E-state index is 13.3. The molecule has 0 unspecified atom stereocenters. The topological polar surface area (TPSA) is 66.8 Å². The van der Waals surface area contributed by atoms with Crippen LogP contribution in [0.4, 0.5) is 4.39 Å². The summed E-state index contributed by atoms with van der Waals surface area (Å²) in [6.45, 7) is -0.230. The highest BCUT2D eigenvalue weighted by molar-refractivity contribution is 5.92. The molecule has 0 aromatic heterocycles. The Hall–Kier alpha value is -2.56. The molecule has 0 saturated heterocycles. The van der Waals surface area contributed by atoms with Gasteiger partial charge in [0.05, 0.1) is 0 Å². The second kappa shape index (κ2) is 5.39. The number of phenols is 2. The van der Waals surface area contributed by atoms with Crippen LogP contribution in [0.1, 0.15) is 15.9 Å². The van der Waals surface area contributed by atoms with Crippen molar-refractivity contribution in [2.24, 2.45) is 0 Å². The minimum absolute atomic E-state index is 0.0888. The van der Waals surface area contributed by atoms with Crippen LogP contribution < -0.4 is 0 Å². The summed E-state index contributed by atoms with van der Waals surface area (Å²) >= 11 is 0. The van der Waals surface area contributed by atoms with Crippen molar-refractivity contribution in [1.82, 2.24) is 0 Å². The van der Waals surface area contributed by atoms with E-state index in [0.717, 1.165) is 6.07 Å². The molecule has 2 rings (SSSR count). The van der Waals surface area contributed by atoms with E-state index in [4.69, 9.17) is 9.84 Å². The van der Waals surface area contributed by atoms with E-state index < -0.39 is 17.5 Å². The second-order valence-electron chi connectivity index (χ2n) is 3.87. The Morgan fingerprint density at radius 2 is 1.89 bits per heavy atom. The lowest BCUT2D eigenvalue weighted by Crippen LogP contribution is -2.06. The molecule has 0 heterocycles. The maximum Gasteiger partial charge on any atom is 0.342 e. The fraction of sp³-hybridized carbons (Fsp3) is 0.0714. The minimum Gasteiger partial charge on any atom is -0.508 e. The molecular formula is C14H11FO4. The van der Waals surface area contributed by atoms with Crippen LogP contribution in [-0.4, -0.2) is 16.2 Å². The summed E-state index contributed by atoms with van der Waals surface area (Å²) in [6.07, 6.45) is 0. The molecule has 0 aliphatic carbocycles. The van der Waals surface area contributed by atoms with E-state index in [1.54, 1.807) is 6.07 Å². The number of rotatable bonds is 3. The summed E-state index contributed by atoms with van der Waals surface area (Å²) in [5.41, 5.74) is 0.156. The van der Waals surface area contributed by atoms with Gasteiger partial charge in [-0.2, -0.15) is 0 Å². The lowest BCUT2D eigenvalue weighted by atomic mass is 10.2. The molecule has 4 nitrogen and oxygen atoms in total. The first-order chi connectivity index (χ1) is 9.08. The normalized spacial score (nSPS) is 10.2. The number of carbonyl (C=O) groups excluding carboxylic acids is 1. The fourth-order valence-corrected chi connectivity index (χ4v) is 1.53. The van der Waals surface area contributed by atoms with E-state index in [-0.39, 0.29) is 23.5 Å². The van der Waals surface area contributed by atoms with Crippen LogP contribution in [0.25, 0.3) is 0 Å². The fourth-order valence-electron chi connectivity index (χ4n) is 1.53. The van der Waals surface area contributed by atoms with Gasteiger partial charge >= 0.3 is 5.97 Å². The summed E-state index contributed by atoms with van der Waals surface area (Å²) in [6, 6.07) is 9.44. The summed E-state index contributed by atoms with van der Waals surface area (Å²) in [5, 5.41) is 18.6. The first-order valence-electron chi connectivity index (χ1n) is 5.50. The van der Waals surface area contributed by atoms with Gasteiger partial charge in [0.15, 0.2) is 0 Å². The third-order valence-electron chi connectivity index (χ3n) is 2.52. The van der Waals surface area contributed by atoms with Crippen molar-refractivity contribution in [2.75, 3.05) is 0 Å². The van der Waals surface area contributed by atoms with Gasteiger partial charge in [-0.15, -0.1) is 0 Å². The van der Waals surface area contributed by atoms with Crippen LogP contribution in [0.15, 0.2) is 42.5 Å². The number of halogens is 1. The molecule has 2 N–H and O–H groups in total. The summed E-state index contributed by atoms with van der Waals surface area (Å²) < 4.78 is 18.2. The van der Waals surface area contributed by atoms with Crippen molar-refractivity contribution < 1.29 is 24.1 Å². The number of ether oxygens (including phenoxy) is 1. The van der Waals surface area contributed by atoms with Gasteiger partial charge in [-0.05, 0) is 18.2 Å². The highest BCUT2D eigenvalue weighted by Crippen LogP contribution is 2.23. The number of hydrogen-bond donors (Lipinski definition) is 2. The molecule has 0 bridgehead atoms. The standard InChI is InChI=1S/C14H11FO4/c15-12-4-2-1-3-9(12)8-19-14(18)11-6-5-10(16)7-13(11)17/h1-7,16-17H,8H2. The zero-order valence-corrected chi connectivity index (χ0v) is 9.84.